The molecule has 0 radical (unpaired) electrons. The maximum absolute atomic E-state index is 12.4. The molecule has 6 nitrogen and oxygen atoms in total. The van der Waals surface area contributed by atoms with Gasteiger partial charge < -0.3 is 24.8 Å². The van der Waals surface area contributed by atoms with E-state index in [1.807, 2.05) is 31.2 Å². The van der Waals surface area contributed by atoms with Crippen LogP contribution in [0.1, 0.15) is 18.1 Å². The number of ether oxygens (including phenoxy) is 3. The predicted octanol–water partition coefficient (Wildman–Crippen LogP) is 3.90. The number of nitrogens with zero attached hydrogens (tertiary/aromatic N) is 1. The average Bonchev–Trinajstić information content (AvgIpc) is 2.73. The Bertz CT molecular complexity index is 842. The molecule has 2 aromatic rings. The van der Waals surface area contributed by atoms with Crippen LogP contribution in [0.4, 0.5) is 13.2 Å². The smallest absolute Gasteiger partial charge is 0.422 e. The zero-order valence-electron chi connectivity index (χ0n) is 17.2. The van der Waals surface area contributed by atoms with Gasteiger partial charge in [-0.25, -0.2) is 0 Å². The first-order valence-electron chi connectivity index (χ1n) is 9.38. The highest BCUT2D eigenvalue weighted by molar-refractivity contribution is 5.79. The first-order valence-corrected chi connectivity index (χ1v) is 9.38. The number of nitrogens with one attached hydrogen (secondary N) is 2. The predicted molar refractivity (Wildman–Crippen MR) is 109 cm³/mol. The van der Waals surface area contributed by atoms with Crippen molar-refractivity contribution in [1.82, 2.24) is 10.6 Å². The highest BCUT2D eigenvalue weighted by atomic mass is 19.4. The van der Waals surface area contributed by atoms with Gasteiger partial charge in [0.25, 0.3) is 0 Å². The summed E-state index contributed by atoms with van der Waals surface area (Å²) in [6.45, 7) is 2.04. The van der Waals surface area contributed by atoms with Crippen molar-refractivity contribution in [2.75, 3.05) is 27.4 Å². The van der Waals surface area contributed by atoms with Crippen LogP contribution in [-0.2, 0) is 13.1 Å². The summed E-state index contributed by atoms with van der Waals surface area (Å²) >= 11 is 0. The van der Waals surface area contributed by atoms with E-state index >= 15 is 0 Å². The first-order chi connectivity index (χ1) is 14.4. The van der Waals surface area contributed by atoms with Crippen LogP contribution in [-0.4, -0.2) is 39.5 Å². The van der Waals surface area contributed by atoms with Crippen molar-refractivity contribution in [2.24, 2.45) is 4.99 Å². The lowest BCUT2D eigenvalue weighted by Crippen LogP contribution is -2.36. The molecule has 0 bridgehead atoms. The minimum absolute atomic E-state index is 0.0358. The van der Waals surface area contributed by atoms with E-state index < -0.39 is 12.8 Å². The van der Waals surface area contributed by atoms with Gasteiger partial charge in [0.15, 0.2) is 24.1 Å². The third-order valence-electron chi connectivity index (χ3n) is 4.02. The standard InChI is InChI=1S/C21H26F3N3O3/c1-4-29-17-8-6-5-7-16(17)13-27-20(25-2)26-12-15-9-10-18(19(11-15)28-3)30-14-21(22,23)24/h5-11H,4,12-14H2,1-3H3,(H2,25,26,27). The lowest BCUT2D eigenvalue weighted by Gasteiger charge is -2.16. The Morgan fingerprint density at radius 1 is 0.967 bits per heavy atom. The van der Waals surface area contributed by atoms with E-state index in [1.54, 1.807) is 19.2 Å². The van der Waals surface area contributed by atoms with Crippen LogP contribution in [0.2, 0.25) is 0 Å². The third-order valence-corrected chi connectivity index (χ3v) is 4.02. The van der Waals surface area contributed by atoms with Crippen LogP contribution < -0.4 is 24.8 Å². The topological polar surface area (TPSA) is 64.1 Å². The van der Waals surface area contributed by atoms with Crippen molar-refractivity contribution in [3.05, 3.63) is 53.6 Å². The molecule has 0 saturated carbocycles. The molecule has 30 heavy (non-hydrogen) atoms. The van der Waals surface area contributed by atoms with Crippen LogP contribution in [0.3, 0.4) is 0 Å². The maximum Gasteiger partial charge on any atom is 0.422 e. The zero-order chi connectivity index (χ0) is 22.0. The zero-order valence-corrected chi connectivity index (χ0v) is 17.2. The number of para-hydroxylation sites is 1. The van der Waals surface area contributed by atoms with Gasteiger partial charge in [0.1, 0.15) is 5.75 Å². The highest BCUT2D eigenvalue weighted by Gasteiger charge is 2.29. The van der Waals surface area contributed by atoms with Crippen molar-refractivity contribution >= 4 is 5.96 Å². The van der Waals surface area contributed by atoms with Crippen molar-refractivity contribution in [3.63, 3.8) is 0 Å². The summed E-state index contributed by atoms with van der Waals surface area (Å²) in [6, 6.07) is 12.5. The summed E-state index contributed by atoms with van der Waals surface area (Å²) in [5.41, 5.74) is 1.79. The molecule has 0 amide bonds. The first kappa shape index (κ1) is 23.2. The maximum atomic E-state index is 12.4. The number of guanidine groups is 1. The van der Waals surface area contributed by atoms with E-state index in [9.17, 15) is 13.2 Å². The molecule has 0 heterocycles. The van der Waals surface area contributed by atoms with E-state index in [0.29, 0.717) is 25.7 Å². The molecule has 0 aliphatic carbocycles. The van der Waals surface area contributed by atoms with E-state index in [2.05, 4.69) is 15.6 Å². The molecule has 2 N–H and O–H groups in total. The average molecular weight is 425 g/mol. The molecular formula is C21H26F3N3O3. The number of benzene rings is 2. The Balaban J connectivity index is 1.95. The summed E-state index contributed by atoms with van der Waals surface area (Å²) < 4.78 is 52.6. The van der Waals surface area contributed by atoms with Crippen molar-refractivity contribution in [1.29, 1.82) is 0 Å². The number of alkyl halides is 3. The second kappa shape index (κ2) is 11.2. The molecule has 0 atom stereocenters. The third kappa shape index (κ3) is 7.38. The molecule has 0 unspecified atom stereocenters. The van der Waals surface area contributed by atoms with E-state index in [0.717, 1.165) is 16.9 Å². The van der Waals surface area contributed by atoms with Gasteiger partial charge in [0.2, 0.25) is 0 Å². The van der Waals surface area contributed by atoms with Crippen molar-refractivity contribution in [3.8, 4) is 17.2 Å². The normalized spacial score (nSPS) is 11.7. The molecule has 9 heteroatoms. The summed E-state index contributed by atoms with van der Waals surface area (Å²) in [5.74, 6) is 1.64. The quantitative estimate of drug-likeness (QED) is 0.471. The van der Waals surface area contributed by atoms with E-state index in [1.165, 1.54) is 13.2 Å². The van der Waals surface area contributed by atoms with Gasteiger partial charge in [0, 0.05) is 25.7 Å². The van der Waals surface area contributed by atoms with Crippen molar-refractivity contribution < 1.29 is 27.4 Å². The summed E-state index contributed by atoms with van der Waals surface area (Å²) in [7, 11) is 3.03. The molecular weight excluding hydrogens is 399 g/mol. The molecule has 2 aromatic carbocycles. The van der Waals surface area contributed by atoms with Gasteiger partial charge in [-0.2, -0.15) is 13.2 Å². The Hall–Kier alpha value is -3.10. The Morgan fingerprint density at radius 2 is 1.70 bits per heavy atom. The van der Waals surface area contributed by atoms with Crippen LogP contribution in [0.5, 0.6) is 17.2 Å². The fourth-order valence-corrected chi connectivity index (χ4v) is 2.63. The van der Waals surface area contributed by atoms with Crippen LogP contribution in [0.15, 0.2) is 47.5 Å². The molecule has 164 valence electrons. The Morgan fingerprint density at radius 3 is 2.37 bits per heavy atom. The number of methoxy groups -OCH3 is 1. The molecule has 0 aliphatic heterocycles. The van der Waals surface area contributed by atoms with Gasteiger partial charge in [0.05, 0.1) is 13.7 Å². The van der Waals surface area contributed by atoms with Gasteiger partial charge in [-0.05, 0) is 30.7 Å². The number of halogens is 3. The van der Waals surface area contributed by atoms with Gasteiger partial charge in [-0.3, -0.25) is 4.99 Å². The molecule has 0 aliphatic rings. The molecule has 0 spiro atoms. The molecule has 0 saturated heterocycles. The minimum Gasteiger partial charge on any atom is -0.494 e. The van der Waals surface area contributed by atoms with Gasteiger partial charge >= 0.3 is 6.18 Å². The lowest BCUT2D eigenvalue weighted by molar-refractivity contribution is -0.153. The fraction of sp³-hybridized carbons (Fsp3) is 0.381. The Labute approximate surface area is 174 Å². The highest BCUT2D eigenvalue weighted by Crippen LogP contribution is 2.29. The second-order valence-electron chi connectivity index (χ2n) is 6.21. The number of aliphatic imine (C=N–C) groups is 1. The fourth-order valence-electron chi connectivity index (χ4n) is 2.63. The molecule has 2 rings (SSSR count). The monoisotopic (exact) mass is 425 g/mol. The SMILES string of the molecule is CCOc1ccccc1CNC(=NC)NCc1ccc(OCC(F)(F)F)c(OC)c1. The van der Waals surface area contributed by atoms with Crippen molar-refractivity contribution in [2.45, 2.75) is 26.2 Å². The van der Waals surface area contributed by atoms with Crippen LogP contribution in [0.25, 0.3) is 0 Å². The molecule has 0 fully saturated rings. The molecule has 0 aromatic heterocycles. The minimum atomic E-state index is -4.41. The Kier molecular flexibility index (Phi) is 8.64. The summed E-state index contributed by atoms with van der Waals surface area (Å²) in [6.07, 6.45) is -4.41. The second-order valence-corrected chi connectivity index (χ2v) is 6.21. The van der Waals surface area contributed by atoms with Gasteiger partial charge in [-0.15, -0.1) is 0 Å². The van der Waals surface area contributed by atoms with Crippen LogP contribution in [0, 0.1) is 0 Å². The lowest BCUT2D eigenvalue weighted by atomic mass is 10.2. The number of rotatable bonds is 9. The van der Waals surface area contributed by atoms with Gasteiger partial charge in [-0.1, -0.05) is 24.3 Å². The van der Waals surface area contributed by atoms with E-state index in [4.69, 9.17) is 14.2 Å². The number of hydrogen-bond donors (Lipinski definition) is 2. The summed E-state index contributed by atoms with van der Waals surface area (Å²) in [5, 5.41) is 6.37. The van der Waals surface area contributed by atoms with Crippen LogP contribution >= 0.6 is 0 Å². The number of hydrogen-bond acceptors (Lipinski definition) is 4. The summed E-state index contributed by atoms with van der Waals surface area (Å²) in [4.78, 5) is 4.18. The largest absolute Gasteiger partial charge is 0.494 e. The van der Waals surface area contributed by atoms with E-state index in [-0.39, 0.29) is 11.5 Å².